The molecule has 92 valence electrons. The molecular weight excluding hydrogens is 240 g/mol. The van der Waals surface area contributed by atoms with E-state index >= 15 is 0 Å². The van der Waals surface area contributed by atoms with Gasteiger partial charge in [0.15, 0.2) is 6.10 Å². The lowest BCUT2D eigenvalue weighted by Crippen LogP contribution is -2.34. The van der Waals surface area contributed by atoms with Crippen molar-refractivity contribution in [2.24, 2.45) is 0 Å². The van der Waals surface area contributed by atoms with Crippen LogP contribution >= 0.6 is 11.6 Å². The highest BCUT2D eigenvalue weighted by molar-refractivity contribution is 6.30. The molecule has 17 heavy (non-hydrogen) atoms. The zero-order valence-electron chi connectivity index (χ0n) is 9.90. The molecule has 0 amide bonds. The van der Waals surface area contributed by atoms with Gasteiger partial charge in [-0.2, -0.15) is 0 Å². The van der Waals surface area contributed by atoms with Crippen LogP contribution in [0.2, 0.25) is 5.02 Å². The molecule has 0 saturated heterocycles. The van der Waals surface area contributed by atoms with Crippen LogP contribution in [0.5, 0.6) is 5.75 Å². The summed E-state index contributed by atoms with van der Waals surface area (Å²) in [6.45, 7) is 3.66. The first-order valence-electron chi connectivity index (χ1n) is 5.72. The number of aryl methyl sites for hydroxylation is 1. The molecule has 1 aromatic carbocycles. The molecule has 2 rings (SSSR count). The van der Waals surface area contributed by atoms with E-state index in [1.807, 2.05) is 19.9 Å². The quantitative estimate of drug-likeness (QED) is 0.761. The Balaban J connectivity index is 2.08. The molecule has 0 N–H and O–H groups in total. The molecule has 0 aromatic heterocycles. The molecule has 0 aliphatic carbocycles. The normalized spacial score (nSPS) is 18.5. The average molecular weight is 255 g/mol. The third-order valence-corrected chi connectivity index (χ3v) is 2.82. The summed E-state index contributed by atoms with van der Waals surface area (Å²) in [4.78, 5) is 11.7. The zero-order valence-corrected chi connectivity index (χ0v) is 10.7. The second kappa shape index (κ2) is 4.96. The second-order valence-electron chi connectivity index (χ2n) is 4.38. The number of fused-ring (bicyclic) bond motifs is 1. The number of carbonyl (C=O) groups excluding carboxylic acids is 1. The van der Waals surface area contributed by atoms with Gasteiger partial charge in [0.25, 0.3) is 0 Å². The first-order chi connectivity index (χ1) is 8.06. The standard InChI is InChI=1S/C13H15ClO3/c1-8(2)16-13(15)12-5-3-9-7-10(14)4-6-11(9)17-12/h4,6-8,12H,3,5H2,1-2H3/t12-/m1/s1. The van der Waals surface area contributed by atoms with E-state index in [0.29, 0.717) is 11.4 Å². The summed E-state index contributed by atoms with van der Waals surface area (Å²) in [6, 6.07) is 5.43. The van der Waals surface area contributed by atoms with Crippen LogP contribution in [0.25, 0.3) is 0 Å². The summed E-state index contributed by atoms with van der Waals surface area (Å²) in [5.74, 6) is 0.437. The Morgan fingerprint density at radius 2 is 2.29 bits per heavy atom. The molecule has 1 aliphatic heterocycles. The van der Waals surface area contributed by atoms with Crippen molar-refractivity contribution >= 4 is 17.6 Å². The number of rotatable bonds is 2. The molecule has 1 aromatic rings. The van der Waals surface area contributed by atoms with Crippen LogP contribution in [0, 0.1) is 0 Å². The zero-order chi connectivity index (χ0) is 12.4. The monoisotopic (exact) mass is 254 g/mol. The Morgan fingerprint density at radius 3 is 3.00 bits per heavy atom. The van der Waals surface area contributed by atoms with Gasteiger partial charge in [-0.3, -0.25) is 0 Å². The van der Waals surface area contributed by atoms with Crippen LogP contribution in [0.4, 0.5) is 0 Å². The lowest BCUT2D eigenvalue weighted by atomic mass is 10.0. The van der Waals surface area contributed by atoms with Crippen LogP contribution in [0.15, 0.2) is 18.2 Å². The van der Waals surface area contributed by atoms with E-state index in [1.54, 1.807) is 12.1 Å². The number of halogens is 1. The van der Waals surface area contributed by atoms with Gasteiger partial charge in [-0.1, -0.05) is 11.6 Å². The minimum Gasteiger partial charge on any atom is -0.478 e. The summed E-state index contributed by atoms with van der Waals surface area (Å²) in [5.41, 5.74) is 1.05. The smallest absolute Gasteiger partial charge is 0.347 e. The third-order valence-electron chi connectivity index (χ3n) is 2.58. The van der Waals surface area contributed by atoms with Crippen molar-refractivity contribution < 1.29 is 14.3 Å². The molecule has 4 heteroatoms. The van der Waals surface area contributed by atoms with Gasteiger partial charge in [-0.15, -0.1) is 0 Å². The number of carbonyl (C=O) groups is 1. The molecule has 0 fully saturated rings. The van der Waals surface area contributed by atoms with Crippen molar-refractivity contribution in [3.63, 3.8) is 0 Å². The van der Waals surface area contributed by atoms with Gasteiger partial charge in [0.2, 0.25) is 0 Å². The molecule has 1 atom stereocenters. The molecule has 0 spiro atoms. The summed E-state index contributed by atoms with van der Waals surface area (Å²) < 4.78 is 10.8. The van der Waals surface area contributed by atoms with E-state index in [4.69, 9.17) is 21.1 Å². The van der Waals surface area contributed by atoms with Crippen LogP contribution in [0.3, 0.4) is 0 Å². The third kappa shape index (κ3) is 2.91. The highest BCUT2D eigenvalue weighted by atomic mass is 35.5. The first kappa shape index (κ1) is 12.2. The molecule has 1 heterocycles. The van der Waals surface area contributed by atoms with Gasteiger partial charge >= 0.3 is 5.97 Å². The van der Waals surface area contributed by atoms with Gasteiger partial charge < -0.3 is 9.47 Å². The topological polar surface area (TPSA) is 35.5 Å². The average Bonchev–Trinajstić information content (AvgIpc) is 2.27. The lowest BCUT2D eigenvalue weighted by Gasteiger charge is -2.25. The minimum absolute atomic E-state index is 0.113. The molecular formula is C13H15ClO3. The fourth-order valence-corrected chi connectivity index (χ4v) is 2.03. The van der Waals surface area contributed by atoms with Gasteiger partial charge in [0, 0.05) is 5.02 Å². The molecule has 3 nitrogen and oxygen atoms in total. The molecule has 0 bridgehead atoms. The summed E-state index contributed by atoms with van der Waals surface area (Å²) in [7, 11) is 0. The molecule has 0 unspecified atom stereocenters. The SMILES string of the molecule is CC(C)OC(=O)[C@H]1CCc2cc(Cl)ccc2O1. The van der Waals surface area contributed by atoms with Crippen LogP contribution < -0.4 is 4.74 Å². The predicted octanol–water partition coefficient (Wildman–Crippen LogP) is 2.99. The maximum absolute atomic E-state index is 11.7. The fourth-order valence-electron chi connectivity index (χ4n) is 1.83. The van der Waals surface area contributed by atoms with Crippen molar-refractivity contribution in [3.05, 3.63) is 28.8 Å². The lowest BCUT2D eigenvalue weighted by molar-refractivity contribution is -0.156. The Hall–Kier alpha value is -1.22. The maximum Gasteiger partial charge on any atom is 0.347 e. The summed E-state index contributed by atoms with van der Waals surface area (Å²) in [6.07, 6.45) is 0.816. The number of hydrogen-bond acceptors (Lipinski definition) is 3. The summed E-state index contributed by atoms with van der Waals surface area (Å²) in [5, 5.41) is 0.690. The van der Waals surface area contributed by atoms with Crippen LogP contribution in [0.1, 0.15) is 25.8 Å². The Bertz CT molecular complexity index is 429. The molecule has 0 radical (unpaired) electrons. The van der Waals surface area contributed by atoms with E-state index in [0.717, 1.165) is 17.7 Å². The van der Waals surface area contributed by atoms with Crippen LogP contribution in [-0.4, -0.2) is 18.2 Å². The van der Waals surface area contributed by atoms with E-state index < -0.39 is 6.10 Å². The largest absolute Gasteiger partial charge is 0.478 e. The summed E-state index contributed by atoms with van der Waals surface area (Å²) >= 11 is 5.90. The van der Waals surface area contributed by atoms with Crippen molar-refractivity contribution in [3.8, 4) is 5.75 Å². The Kier molecular flexibility index (Phi) is 3.57. The Morgan fingerprint density at radius 1 is 1.53 bits per heavy atom. The van der Waals surface area contributed by atoms with E-state index in [-0.39, 0.29) is 12.1 Å². The van der Waals surface area contributed by atoms with Crippen molar-refractivity contribution in [1.82, 2.24) is 0 Å². The molecule has 0 saturated carbocycles. The highest BCUT2D eigenvalue weighted by Gasteiger charge is 2.27. The van der Waals surface area contributed by atoms with Gasteiger partial charge in [-0.25, -0.2) is 4.79 Å². The van der Waals surface area contributed by atoms with Crippen molar-refractivity contribution in [2.45, 2.75) is 38.9 Å². The predicted molar refractivity (Wildman–Crippen MR) is 65.4 cm³/mol. The van der Waals surface area contributed by atoms with E-state index in [2.05, 4.69) is 0 Å². The van der Waals surface area contributed by atoms with Gasteiger partial charge in [0.05, 0.1) is 6.10 Å². The maximum atomic E-state index is 11.7. The number of hydrogen-bond donors (Lipinski definition) is 0. The first-order valence-corrected chi connectivity index (χ1v) is 6.09. The van der Waals surface area contributed by atoms with E-state index in [9.17, 15) is 4.79 Å². The fraction of sp³-hybridized carbons (Fsp3) is 0.462. The Labute approximate surface area is 106 Å². The van der Waals surface area contributed by atoms with Gasteiger partial charge in [-0.05, 0) is 50.5 Å². The van der Waals surface area contributed by atoms with Gasteiger partial charge in [0.1, 0.15) is 5.75 Å². The molecule has 1 aliphatic rings. The van der Waals surface area contributed by atoms with Crippen molar-refractivity contribution in [2.75, 3.05) is 0 Å². The number of benzene rings is 1. The van der Waals surface area contributed by atoms with Crippen molar-refractivity contribution in [1.29, 1.82) is 0 Å². The number of ether oxygens (including phenoxy) is 2. The minimum atomic E-state index is -0.494. The van der Waals surface area contributed by atoms with E-state index in [1.165, 1.54) is 0 Å². The van der Waals surface area contributed by atoms with Crippen LogP contribution in [-0.2, 0) is 16.0 Å². The number of esters is 1. The highest BCUT2D eigenvalue weighted by Crippen LogP contribution is 2.30. The second-order valence-corrected chi connectivity index (χ2v) is 4.82.